The number of alkyl halides is 1. The van der Waals surface area contributed by atoms with Gasteiger partial charge < -0.3 is 25.2 Å². The molecule has 3 atom stereocenters. The molecule has 3 aliphatic heterocycles. The number of hydrogen-bond acceptors (Lipinski definition) is 10. The number of ether oxygens (including phenoxy) is 2. The fourth-order valence-electron chi connectivity index (χ4n) is 7.33. The van der Waals surface area contributed by atoms with Crippen LogP contribution in [0.2, 0.25) is 0 Å². The summed E-state index contributed by atoms with van der Waals surface area (Å²) in [7, 11) is 0. The van der Waals surface area contributed by atoms with Crippen LogP contribution in [0.4, 0.5) is 24.8 Å². The van der Waals surface area contributed by atoms with Gasteiger partial charge in [-0.3, -0.25) is 4.90 Å². The third-order valence-electron chi connectivity index (χ3n) is 9.80. The summed E-state index contributed by atoms with van der Waals surface area (Å²) in [6, 6.07) is 8.45. The van der Waals surface area contributed by atoms with E-state index < -0.39 is 23.3 Å². The van der Waals surface area contributed by atoms with Crippen molar-refractivity contribution in [2.24, 2.45) is 0 Å². The molecule has 10 nitrogen and oxygen atoms in total. The first-order valence-corrected chi connectivity index (χ1v) is 15.6. The fourth-order valence-corrected chi connectivity index (χ4v) is 7.33. The number of nitrogens with two attached hydrogens (primary N) is 1. The highest BCUT2D eigenvalue weighted by atomic mass is 19.1. The number of terminal acetylenes is 1. The maximum atomic E-state index is 17.0. The number of nitrogen functional groups attached to an aromatic ring is 1. The van der Waals surface area contributed by atoms with E-state index in [1.807, 2.05) is 17.9 Å². The Kier molecular flexibility index (Phi) is 6.96. The largest absolute Gasteiger partial charge is 0.508 e. The molecule has 2 fully saturated rings. The Morgan fingerprint density at radius 1 is 1.19 bits per heavy atom. The minimum Gasteiger partial charge on any atom is -0.508 e. The van der Waals surface area contributed by atoms with Crippen molar-refractivity contribution in [3.8, 4) is 41.2 Å². The van der Waals surface area contributed by atoms with Crippen LogP contribution >= 0.6 is 0 Å². The summed E-state index contributed by atoms with van der Waals surface area (Å²) in [5.74, 6) is 1.25. The first kappa shape index (κ1) is 30.0. The molecule has 3 N–H and O–H groups in total. The quantitative estimate of drug-likeness (QED) is 0.233. The summed E-state index contributed by atoms with van der Waals surface area (Å²) >= 11 is 0. The molecule has 5 aromatic rings. The van der Waals surface area contributed by atoms with Crippen LogP contribution in [0.5, 0.6) is 17.6 Å². The third kappa shape index (κ3) is 4.62. The average molecular weight is 654 g/mol. The van der Waals surface area contributed by atoms with E-state index in [-0.39, 0.29) is 70.0 Å². The molecule has 0 saturated carbocycles. The molecule has 0 spiro atoms. The molecule has 3 aliphatic rings. The van der Waals surface area contributed by atoms with Gasteiger partial charge in [-0.15, -0.1) is 6.42 Å². The van der Waals surface area contributed by atoms with Gasteiger partial charge in [-0.25, -0.2) is 23.1 Å². The van der Waals surface area contributed by atoms with E-state index in [0.717, 1.165) is 18.5 Å². The monoisotopic (exact) mass is 653 g/mol. The van der Waals surface area contributed by atoms with Crippen molar-refractivity contribution >= 4 is 33.3 Å². The molecule has 8 rings (SSSR count). The first-order chi connectivity index (χ1) is 23.2. The van der Waals surface area contributed by atoms with Crippen LogP contribution in [0.15, 0.2) is 42.6 Å². The number of aromatic nitrogens is 4. The van der Waals surface area contributed by atoms with Gasteiger partial charge in [0, 0.05) is 42.2 Å². The molecule has 3 aromatic heterocycles. The Labute approximate surface area is 273 Å². The van der Waals surface area contributed by atoms with Crippen LogP contribution in [0.25, 0.3) is 32.9 Å². The van der Waals surface area contributed by atoms with Gasteiger partial charge in [0.1, 0.15) is 59.2 Å². The van der Waals surface area contributed by atoms with Gasteiger partial charge in [0.05, 0.1) is 23.7 Å². The van der Waals surface area contributed by atoms with Crippen molar-refractivity contribution < 1.29 is 27.8 Å². The number of fused-ring (bicyclic) bond motifs is 2. The molecule has 0 unspecified atom stereocenters. The lowest BCUT2D eigenvalue weighted by molar-refractivity contribution is -0.0132. The zero-order valence-corrected chi connectivity index (χ0v) is 25.9. The number of nitrogens with zero attached hydrogens (tertiary/aromatic N) is 6. The number of anilines is 2. The number of benzene rings is 2. The Bertz CT molecular complexity index is 2180. The number of rotatable bonds is 6. The van der Waals surface area contributed by atoms with Crippen molar-refractivity contribution in [2.75, 3.05) is 43.5 Å². The molecular weight excluding hydrogens is 623 g/mol. The number of phenols is 1. The zero-order valence-electron chi connectivity index (χ0n) is 25.9. The van der Waals surface area contributed by atoms with Crippen LogP contribution in [0.1, 0.15) is 36.9 Å². The van der Waals surface area contributed by atoms with Crippen molar-refractivity contribution in [3.05, 3.63) is 65.4 Å². The maximum Gasteiger partial charge on any atom is 0.319 e. The summed E-state index contributed by atoms with van der Waals surface area (Å²) in [4.78, 5) is 22.1. The summed E-state index contributed by atoms with van der Waals surface area (Å²) in [5.41, 5.74) is 6.03. The second-order valence-corrected chi connectivity index (χ2v) is 12.5. The summed E-state index contributed by atoms with van der Waals surface area (Å²) in [5, 5.41) is 11.4. The van der Waals surface area contributed by atoms with Gasteiger partial charge in [0.2, 0.25) is 5.88 Å². The third-order valence-corrected chi connectivity index (χ3v) is 9.80. The van der Waals surface area contributed by atoms with Crippen molar-refractivity contribution in [1.29, 1.82) is 0 Å². The molecule has 0 radical (unpaired) electrons. The SMILES string of the molecule is C#Cc1c(F)ccc2cc(O)cc(-c3nc4c5c(nc(OC[C@@]67CCN6C[C@H](F)C7)nc5c3F)N([C@H](C)c3cccnc3N)CCO4)c12. The number of pyridine rings is 2. The van der Waals surface area contributed by atoms with E-state index in [0.29, 0.717) is 36.5 Å². The van der Waals surface area contributed by atoms with Gasteiger partial charge in [-0.2, -0.15) is 9.97 Å². The molecule has 2 saturated heterocycles. The highest BCUT2D eigenvalue weighted by molar-refractivity contribution is 6.04. The first-order valence-electron chi connectivity index (χ1n) is 15.6. The number of halogens is 3. The van der Waals surface area contributed by atoms with E-state index in [1.165, 1.54) is 24.3 Å². The summed E-state index contributed by atoms with van der Waals surface area (Å²) in [6.45, 7) is 3.59. The highest BCUT2D eigenvalue weighted by Gasteiger charge is 2.52. The molecular formula is C35H30F3N7O3. The second-order valence-electron chi connectivity index (χ2n) is 12.5. The smallest absolute Gasteiger partial charge is 0.319 e. The topological polar surface area (TPSA) is 123 Å². The molecule has 6 heterocycles. The van der Waals surface area contributed by atoms with E-state index in [2.05, 4.69) is 25.8 Å². The number of phenolic OH excluding ortho intramolecular Hbond substituents is 1. The van der Waals surface area contributed by atoms with Crippen molar-refractivity contribution in [1.82, 2.24) is 24.8 Å². The molecule has 244 valence electrons. The fraction of sp³-hybridized carbons (Fsp3) is 0.314. The van der Waals surface area contributed by atoms with Gasteiger partial charge in [-0.1, -0.05) is 18.1 Å². The lowest BCUT2D eigenvalue weighted by atomic mass is 9.86. The number of aromatic hydroxyl groups is 1. The van der Waals surface area contributed by atoms with Gasteiger partial charge in [-0.05, 0) is 43.0 Å². The lowest BCUT2D eigenvalue weighted by Crippen LogP contribution is -2.59. The summed E-state index contributed by atoms with van der Waals surface area (Å²) in [6.07, 6.45) is 7.43. The minimum absolute atomic E-state index is 0.0341. The Morgan fingerprint density at radius 2 is 2.04 bits per heavy atom. The van der Waals surface area contributed by atoms with Crippen molar-refractivity contribution in [2.45, 2.75) is 37.5 Å². The van der Waals surface area contributed by atoms with Crippen LogP contribution in [-0.4, -0.2) is 74.5 Å². The Morgan fingerprint density at radius 3 is 2.79 bits per heavy atom. The van der Waals surface area contributed by atoms with Gasteiger partial charge in [0.15, 0.2) is 5.82 Å². The van der Waals surface area contributed by atoms with E-state index >= 15 is 4.39 Å². The van der Waals surface area contributed by atoms with Crippen LogP contribution in [0, 0.1) is 24.0 Å². The van der Waals surface area contributed by atoms with E-state index in [9.17, 15) is 13.9 Å². The predicted octanol–water partition coefficient (Wildman–Crippen LogP) is 5.31. The second kappa shape index (κ2) is 11.1. The van der Waals surface area contributed by atoms with E-state index in [1.54, 1.807) is 12.3 Å². The van der Waals surface area contributed by atoms with Crippen molar-refractivity contribution in [3.63, 3.8) is 0 Å². The van der Waals surface area contributed by atoms with Gasteiger partial charge >= 0.3 is 6.01 Å². The minimum atomic E-state index is -0.958. The Hall–Kier alpha value is -5.35. The van der Waals surface area contributed by atoms with Gasteiger partial charge in [0.25, 0.3) is 0 Å². The van der Waals surface area contributed by atoms with Crippen LogP contribution < -0.4 is 20.1 Å². The van der Waals surface area contributed by atoms with Crippen LogP contribution in [0.3, 0.4) is 0 Å². The molecule has 0 aliphatic carbocycles. The molecule has 0 bridgehead atoms. The molecule has 0 amide bonds. The highest BCUT2D eigenvalue weighted by Crippen LogP contribution is 2.45. The lowest BCUT2D eigenvalue weighted by Gasteiger charge is -2.47. The predicted molar refractivity (Wildman–Crippen MR) is 174 cm³/mol. The molecule has 13 heteroatoms. The standard InChI is InChI=1S/C35H30F3N7O3/c1-3-22-25(37)7-6-19-13-21(46)14-24(26(19)22)29-28(38)30-27-32(43-34(42-30)48-17-35-8-10-44(35)16-20(36)15-35)45(11-12-47-33(27)41-29)18(2)23-5-4-9-40-31(23)39/h1,4-7,9,13-14,18,20,46H,8,10-12,15-17H2,2H3,(H2,39,40)/t18-,20-,35+/m1/s1. The maximum absolute atomic E-state index is 17.0. The Balaban J connectivity index is 1.34. The normalized spacial score (nSPS) is 20.9. The summed E-state index contributed by atoms with van der Waals surface area (Å²) < 4.78 is 58.7. The zero-order chi connectivity index (χ0) is 33.3. The van der Waals surface area contributed by atoms with E-state index in [4.69, 9.17) is 26.6 Å². The van der Waals surface area contributed by atoms with Crippen LogP contribution in [-0.2, 0) is 0 Å². The molecule has 48 heavy (non-hydrogen) atoms. The molecule has 2 aromatic carbocycles. The number of hydrogen-bond donors (Lipinski definition) is 2. The average Bonchev–Trinajstić information content (AvgIpc) is 3.18.